The first-order chi connectivity index (χ1) is 21.7. The van der Waals surface area contributed by atoms with Gasteiger partial charge in [0.2, 0.25) is 10.0 Å². The van der Waals surface area contributed by atoms with Gasteiger partial charge in [-0.2, -0.15) is 0 Å². The predicted octanol–water partition coefficient (Wildman–Crippen LogP) is 3.73. The van der Waals surface area contributed by atoms with Crippen LogP contribution in [0, 0.1) is 17.6 Å². The summed E-state index contributed by atoms with van der Waals surface area (Å²) >= 11 is 0. The fourth-order valence-corrected chi connectivity index (χ4v) is 7.13. The number of allylic oxidation sites excluding steroid dienone is 2. The number of pyridine rings is 1. The van der Waals surface area contributed by atoms with Gasteiger partial charge in [-0.1, -0.05) is 19.9 Å². The minimum absolute atomic E-state index is 0.0445. The minimum Gasteiger partial charge on any atom is -0.495 e. The summed E-state index contributed by atoms with van der Waals surface area (Å²) in [6.45, 7) is 8.96. The lowest BCUT2D eigenvalue weighted by atomic mass is 9.98. The number of fused-ring (bicyclic) bond motifs is 1. The van der Waals surface area contributed by atoms with Crippen LogP contribution in [0.25, 0.3) is 29.0 Å². The van der Waals surface area contributed by atoms with Crippen molar-refractivity contribution in [2.24, 2.45) is 5.92 Å². The molecular formula is C33H41F2N5O4S. The van der Waals surface area contributed by atoms with Gasteiger partial charge in [-0.05, 0) is 43.2 Å². The maximum Gasteiger partial charge on any atom is 0.232 e. The molecule has 0 amide bonds. The molecule has 1 aliphatic carbocycles. The van der Waals surface area contributed by atoms with Crippen molar-refractivity contribution in [2.75, 3.05) is 64.0 Å². The van der Waals surface area contributed by atoms with Crippen molar-refractivity contribution in [2.45, 2.75) is 26.7 Å². The van der Waals surface area contributed by atoms with E-state index in [4.69, 9.17) is 9.47 Å². The lowest BCUT2D eigenvalue weighted by Gasteiger charge is -2.39. The molecule has 0 spiro atoms. The number of nitrogens with zero attached hydrogens (tertiary/aromatic N) is 4. The van der Waals surface area contributed by atoms with Gasteiger partial charge in [0, 0.05) is 80.2 Å². The Morgan fingerprint density at radius 2 is 1.84 bits per heavy atom. The third-order valence-electron chi connectivity index (χ3n) is 8.34. The van der Waals surface area contributed by atoms with E-state index in [1.807, 2.05) is 12.1 Å². The topological polar surface area (TPSA) is 88.9 Å². The van der Waals surface area contributed by atoms with E-state index in [1.165, 1.54) is 4.57 Å². The average molecular weight is 642 g/mol. The molecule has 5 rings (SSSR count). The summed E-state index contributed by atoms with van der Waals surface area (Å²) in [5, 5.41) is 1.38. The van der Waals surface area contributed by atoms with Gasteiger partial charge in [0.25, 0.3) is 0 Å². The van der Waals surface area contributed by atoms with Crippen LogP contribution < -0.4 is 20.0 Å². The minimum atomic E-state index is -3.81. The molecule has 1 saturated heterocycles. The molecule has 1 aromatic carbocycles. The predicted molar refractivity (Wildman–Crippen MR) is 173 cm³/mol. The molecule has 1 fully saturated rings. The number of halogens is 2. The number of piperazine rings is 1. The average Bonchev–Trinajstić information content (AvgIpc) is 3.26. The van der Waals surface area contributed by atoms with E-state index in [2.05, 4.69) is 38.6 Å². The highest BCUT2D eigenvalue weighted by Gasteiger charge is 2.26. The molecule has 1 N–H and O–H groups in total. The van der Waals surface area contributed by atoms with Gasteiger partial charge in [-0.15, -0.1) is 0 Å². The van der Waals surface area contributed by atoms with E-state index in [-0.39, 0.29) is 23.0 Å². The number of nitrogens with one attached hydrogen (secondary N) is 1. The molecule has 3 aromatic rings. The molecule has 3 heterocycles. The molecule has 0 radical (unpaired) electrons. The zero-order chi connectivity index (χ0) is 32.1. The first kappa shape index (κ1) is 32.6. The third kappa shape index (κ3) is 7.08. The Morgan fingerprint density at radius 1 is 1.07 bits per heavy atom. The second-order valence-corrected chi connectivity index (χ2v) is 13.1. The van der Waals surface area contributed by atoms with Crippen LogP contribution in [0.4, 0.5) is 14.5 Å². The number of hydrogen-bond donors (Lipinski definition) is 1. The van der Waals surface area contributed by atoms with Crippen LogP contribution in [0.2, 0.25) is 0 Å². The van der Waals surface area contributed by atoms with Gasteiger partial charge < -0.3 is 18.9 Å². The standard InChI is InChI=1S/C33H41F2N5O4S/c1-5-17-45(41,42)37-29-8-7-28(34)33(32(29)35)40-22-27(24-18-25(44-4)21-36-20-24)26-19-23(6-2)30(9-10-31(26)40)39-13-11-38(12-14-39)15-16-43-3/h7-10,18-23,37H,5-6,11-17H2,1-4H3. The number of methoxy groups -OCH3 is 2. The summed E-state index contributed by atoms with van der Waals surface area (Å²) in [4.78, 5) is 9.10. The molecule has 242 valence electrons. The Morgan fingerprint density at radius 3 is 2.53 bits per heavy atom. The van der Waals surface area contributed by atoms with E-state index >= 15 is 8.78 Å². The van der Waals surface area contributed by atoms with Gasteiger partial charge >= 0.3 is 0 Å². The Balaban J connectivity index is 1.67. The van der Waals surface area contributed by atoms with Gasteiger partial charge in [-0.3, -0.25) is 14.6 Å². The van der Waals surface area contributed by atoms with Crippen molar-refractivity contribution in [3.63, 3.8) is 0 Å². The van der Waals surface area contributed by atoms with Crippen LogP contribution in [0.15, 0.2) is 48.6 Å². The first-order valence-corrected chi connectivity index (χ1v) is 16.9. The number of sulfonamides is 1. The van der Waals surface area contributed by atoms with Crippen molar-refractivity contribution in [3.8, 4) is 22.6 Å². The normalized spacial score (nSPS) is 17.2. The van der Waals surface area contributed by atoms with E-state index < -0.39 is 21.7 Å². The van der Waals surface area contributed by atoms with E-state index in [9.17, 15) is 8.42 Å². The summed E-state index contributed by atoms with van der Waals surface area (Å²) in [5.41, 5.74) is 1.91. The summed E-state index contributed by atoms with van der Waals surface area (Å²) in [7, 11) is -0.543. The lowest BCUT2D eigenvalue weighted by Crippen LogP contribution is -2.47. The molecule has 1 unspecified atom stereocenters. The first-order valence-electron chi connectivity index (χ1n) is 15.3. The maximum atomic E-state index is 16.1. The fraction of sp³-hybridized carbons (Fsp3) is 0.424. The highest BCUT2D eigenvalue weighted by atomic mass is 32.2. The Hall–Kier alpha value is -3.74. The van der Waals surface area contributed by atoms with E-state index in [0.717, 1.165) is 73.3 Å². The van der Waals surface area contributed by atoms with Crippen LogP contribution in [0.3, 0.4) is 0 Å². The number of hydrogen-bond acceptors (Lipinski definition) is 7. The SMILES string of the molecule is CCCS(=O)(=O)Nc1ccc(F)c(-n2cc(-c3cncc(OC)c3)c3c2=CC=C(N2CCN(CCOC)CC2)C(CC)C=3)c1F. The second kappa shape index (κ2) is 14.1. The molecule has 0 bridgehead atoms. The maximum absolute atomic E-state index is 16.1. The Labute approximate surface area is 263 Å². The zero-order valence-corrected chi connectivity index (χ0v) is 27.0. The van der Waals surface area contributed by atoms with Crippen LogP contribution >= 0.6 is 0 Å². The van der Waals surface area contributed by atoms with Crippen molar-refractivity contribution in [1.82, 2.24) is 19.4 Å². The summed E-state index contributed by atoms with van der Waals surface area (Å²) in [5.74, 6) is -1.40. The quantitative estimate of drug-likeness (QED) is 0.323. The smallest absolute Gasteiger partial charge is 0.232 e. The molecule has 9 nitrogen and oxygen atoms in total. The molecule has 45 heavy (non-hydrogen) atoms. The molecule has 0 saturated carbocycles. The van der Waals surface area contributed by atoms with Crippen LogP contribution in [0.5, 0.6) is 5.75 Å². The number of rotatable bonds is 12. The number of aromatic nitrogens is 2. The molecule has 2 aromatic heterocycles. The monoisotopic (exact) mass is 641 g/mol. The third-order valence-corrected chi connectivity index (χ3v) is 9.82. The van der Waals surface area contributed by atoms with Crippen molar-refractivity contribution in [1.29, 1.82) is 0 Å². The van der Waals surface area contributed by atoms with Crippen molar-refractivity contribution in [3.05, 3.63) is 70.8 Å². The van der Waals surface area contributed by atoms with E-state index in [0.29, 0.717) is 24.1 Å². The molecule has 2 aliphatic rings. The van der Waals surface area contributed by atoms with E-state index in [1.54, 1.807) is 39.7 Å². The zero-order valence-electron chi connectivity index (χ0n) is 26.2. The fourth-order valence-electron chi connectivity index (χ4n) is 5.99. The van der Waals surface area contributed by atoms with Crippen LogP contribution in [0.1, 0.15) is 26.7 Å². The molecule has 1 aliphatic heterocycles. The highest BCUT2D eigenvalue weighted by molar-refractivity contribution is 7.92. The largest absolute Gasteiger partial charge is 0.495 e. The summed E-state index contributed by atoms with van der Waals surface area (Å²) < 4.78 is 71.2. The van der Waals surface area contributed by atoms with Gasteiger partial charge in [0.15, 0.2) is 5.82 Å². The second-order valence-electron chi connectivity index (χ2n) is 11.3. The van der Waals surface area contributed by atoms with Gasteiger partial charge in [0.05, 0.1) is 36.7 Å². The van der Waals surface area contributed by atoms with Crippen molar-refractivity contribution >= 4 is 27.9 Å². The van der Waals surface area contributed by atoms with Crippen LogP contribution in [-0.4, -0.2) is 87.1 Å². The Kier molecular flexibility index (Phi) is 10.3. The van der Waals surface area contributed by atoms with Gasteiger partial charge in [0.1, 0.15) is 17.3 Å². The summed E-state index contributed by atoms with van der Waals surface area (Å²) in [6, 6.07) is 4.03. The highest BCUT2D eigenvalue weighted by Crippen LogP contribution is 2.29. The molecule has 12 heteroatoms. The Bertz CT molecular complexity index is 1780. The number of anilines is 1. The lowest BCUT2D eigenvalue weighted by molar-refractivity contribution is 0.107. The van der Waals surface area contributed by atoms with Crippen LogP contribution in [-0.2, 0) is 14.8 Å². The summed E-state index contributed by atoms with van der Waals surface area (Å²) in [6.07, 6.45) is 12.3. The number of ether oxygens (including phenoxy) is 2. The number of benzene rings is 1. The van der Waals surface area contributed by atoms with Crippen molar-refractivity contribution < 1.29 is 26.7 Å². The molecule has 1 atom stereocenters. The molecular weight excluding hydrogens is 600 g/mol. The van der Waals surface area contributed by atoms with Gasteiger partial charge in [-0.25, -0.2) is 17.2 Å².